The number of hydrogen-bond acceptors (Lipinski definition) is 1. The molecule has 0 aliphatic carbocycles. The molecular weight excluding hydrogens is 236 g/mol. The lowest BCUT2D eigenvalue weighted by molar-refractivity contribution is 0.744. The van der Waals surface area contributed by atoms with Gasteiger partial charge in [-0.1, -0.05) is 53.9 Å². The molecule has 1 rings (SSSR count). The fourth-order valence-electron chi connectivity index (χ4n) is 3.28. The predicted octanol–water partition coefficient (Wildman–Crippen LogP) is 5.03. The lowest BCUT2D eigenvalue weighted by atomic mass is 10.2. The van der Waals surface area contributed by atoms with Crippen molar-refractivity contribution in [1.82, 2.24) is 9.22 Å². The Bertz CT molecular complexity index is 327. The summed E-state index contributed by atoms with van der Waals surface area (Å²) >= 11 is 0. The van der Waals surface area contributed by atoms with Gasteiger partial charge in [-0.3, -0.25) is 0 Å². The van der Waals surface area contributed by atoms with Crippen LogP contribution in [0.15, 0.2) is 12.4 Å². The third-order valence-corrected chi connectivity index (χ3v) is 9.54. The van der Waals surface area contributed by atoms with E-state index in [0.717, 1.165) is 0 Å². The summed E-state index contributed by atoms with van der Waals surface area (Å²) in [5, 5.41) is 0. The van der Waals surface area contributed by atoms with Gasteiger partial charge >= 0.3 is 0 Å². The van der Waals surface area contributed by atoms with Crippen LogP contribution in [0.4, 0.5) is 0 Å². The fourth-order valence-corrected chi connectivity index (χ4v) is 8.73. The first-order chi connectivity index (χ1) is 8.61. The molecule has 1 heterocycles. The molecule has 0 N–H and O–H groups in total. The van der Waals surface area contributed by atoms with Gasteiger partial charge in [-0.15, -0.1) is 0 Å². The Hall–Kier alpha value is -0.573. The van der Waals surface area contributed by atoms with Crippen molar-refractivity contribution in [1.29, 1.82) is 0 Å². The zero-order chi connectivity index (χ0) is 13.6. The van der Waals surface area contributed by atoms with Crippen LogP contribution in [0.1, 0.15) is 65.6 Å². The quantitative estimate of drug-likeness (QED) is 0.603. The minimum atomic E-state index is -1.37. The van der Waals surface area contributed by atoms with Gasteiger partial charge in [-0.25, -0.2) is 4.98 Å². The fraction of sp³-hybridized carbons (Fsp3) is 0.800. The van der Waals surface area contributed by atoms with Gasteiger partial charge in [-0.2, -0.15) is 0 Å². The Morgan fingerprint density at radius 3 is 1.94 bits per heavy atom. The maximum absolute atomic E-state index is 4.63. The summed E-state index contributed by atoms with van der Waals surface area (Å²) in [6.45, 7) is 11.5. The van der Waals surface area contributed by atoms with E-state index in [1.165, 1.54) is 43.2 Å². The average molecular weight is 267 g/mol. The summed E-state index contributed by atoms with van der Waals surface area (Å²) < 4.78 is 2.63. The van der Waals surface area contributed by atoms with E-state index in [-0.39, 0.29) is 0 Å². The molecule has 0 atom stereocenters. The van der Waals surface area contributed by atoms with Crippen LogP contribution < -0.4 is 0 Å². The van der Waals surface area contributed by atoms with Gasteiger partial charge in [-0.05, 0) is 18.1 Å². The van der Waals surface area contributed by atoms with Crippen molar-refractivity contribution in [2.75, 3.05) is 0 Å². The first-order valence-corrected chi connectivity index (χ1v) is 10.2. The molecule has 104 valence electrons. The summed E-state index contributed by atoms with van der Waals surface area (Å²) in [7, 11) is -1.37. The van der Waals surface area contributed by atoms with E-state index < -0.39 is 8.24 Å². The molecule has 1 aromatic heterocycles. The van der Waals surface area contributed by atoms with Crippen LogP contribution >= 0.6 is 0 Å². The Kier molecular flexibility index (Phi) is 6.13. The van der Waals surface area contributed by atoms with E-state index in [1.807, 2.05) is 6.20 Å². The highest BCUT2D eigenvalue weighted by Gasteiger charge is 2.34. The van der Waals surface area contributed by atoms with Crippen molar-refractivity contribution in [2.24, 2.45) is 0 Å². The Balaban J connectivity index is 3.17. The molecule has 0 radical (unpaired) electrons. The maximum atomic E-state index is 4.63. The van der Waals surface area contributed by atoms with Crippen LogP contribution in [0.25, 0.3) is 0 Å². The molecule has 0 aliphatic heterocycles. The highest BCUT2D eigenvalue weighted by atomic mass is 28.3. The van der Waals surface area contributed by atoms with Crippen LogP contribution in [0.3, 0.4) is 0 Å². The van der Waals surface area contributed by atoms with Crippen LogP contribution in [0.2, 0.25) is 18.1 Å². The summed E-state index contributed by atoms with van der Waals surface area (Å²) in [6.07, 6.45) is 8.20. The third kappa shape index (κ3) is 3.25. The molecule has 0 bridgehead atoms. The second-order valence-corrected chi connectivity index (χ2v) is 10.2. The van der Waals surface area contributed by atoms with Gasteiger partial charge in [0.05, 0.1) is 0 Å². The van der Waals surface area contributed by atoms with Crippen LogP contribution in [0, 0.1) is 0 Å². The second-order valence-electron chi connectivity index (χ2n) is 5.78. The zero-order valence-corrected chi connectivity index (χ0v) is 13.9. The van der Waals surface area contributed by atoms with E-state index in [2.05, 4.69) is 50.0 Å². The molecule has 0 amide bonds. The van der Waals surface area contributed by atoms with Crippen molar-refractivity contribution in [2.45, 2.75) is 77.9 Å². The van der Waals surface area contributed by atoms with Crippen LogP contribution in [-0.2, 0) is 0 Å². The van der Waals surface area contributed by atoms with E-state index in [0.29, 0.717) is 5.92 Å². The minimum absolute atomic E-state index is 0.539. The molecule has 3 heteroatoms. The second kappa shape index (κ2) is 7.12. The van der Waals surface area contributed by atoms with Gasteiger partial charge in [0, 0.05) is 18.3 Å². The molecule has 0 saturated carbocycles. The summed E-state index contributed by atoms with van der Waals surface area (Å²) in [4.78, 5) is 4.63. The Morgan fingerprint density at radius 2 is 1.56 bits per heavy atom. The largest absolute Gasteiger partial charge is 0.362 e. The lowest BCUT2D eigenvalue weighted by Crippen LogP contribution is -2.43. The molecule has 0 saturated heterocycles. The van der Waals surface area contributed by atoms with Crippen molar-refractivity contribution in [3.8, 4) is 0 Å². The topological polar surface area (TPSA) is 17.8 Å². The van der Waals surface area contributed by atoms with Gasteiger partial charge in [0.15, 0.2) is 8.24 Å². The molecule has 0 unspecified atom stereocenters. The highest BCUT2D eigenvalue weighted by Crippen LogP contribution is 2.30. The molecule has 18 heavy (non-hydrogen) atoms. The standard InChI is InChI=1S/C15H30N2Si/c1-6-11-18(12-7-2,13-8-3)17-10-9-16-15(17)14(4)5/h9-10,14H,6-8,11-13H2,1-5H3. The van der Waals surface area contributed by atoms with E-state index >= 15 is 0 Å². The highest BCUT2D eigenvalue weighted by molar-refractivity contribution is 6.78. The third-order valence-electron chi connectivity index (χ3n) is 3.84. The molecule has 2 nitrogen and oxygen atoms in total. The SMILES string of the molecule is CCC[Si](CCC)(CCC)n1ccnc1C(C)C. The number of aromatic nitrogens is 2. The molecule has 1 aromatic rings. The van der Waals surface area contributed by atoms with Crippen molar-refractivity contribution >= 4 is 8.24 Å². The number of nitrogens with zero attached hydrogens (tertiary/aromatic N) is 2. The van der Waals surface area contributed by atoms with E-state index in [9.17, 15) is 0 Å². The average Bonchev–Trinajstić information content (AvgIpc) is 2.79. The van der Waals surface area contributed by atoms with E-state index in [1.54, 1.807) is 0 Å². The maximum Gasteiger partial charge on any atom is 0.163 e. The Morgan fingerprint density at radius 1 is 1.06 bits per heavy atom. The van der Waals surface area contributed by atoms with Crippen LogP contribution in [0.5, 0.6) is 0 Å². The number of rotatable bonds is 8. The summed E-state index contributed by atoms with van der Waals surface area (Å²) in [5.41, 5.74) is 0. The predicted molar refractivity (Wildman–Crippen MR) is 82.8 cm³/mol. The number of hydrogen-bond donors (Lipinski definition) is 0. The number of imidazole rings is 1. The Labute approximate surface area is 114 Å². The summed E-state index contributed by atoms with van der Waals surface area (Å²) in [6, 6.07) is 4.22. The van der Waals surface area contributed by atoms with Gasteiger partial charge in [0.1, 0.15) is 5.82 Å². The molecular formula is C15H30N2Si. The van der Waals surface area contributed by atoms with Gasteiger partial charge in [0.2, 0.25) is 0 Å². The van der Waals surface area contributed by atoms with Gasteiger partial charge < -0.3 is 4.23 Å². The molecule has 0 aromatic carbocycles. The van der Waals surface area contributed by atoms with Crippen molar-refractivity contribution < 1.29 is 0 Å². The molecule has 0 spiro atoms. The van der Waals surface area contributed by atoms with Crippen molar-refractivity contribution in [3.63, 3.8) is 0 Å². The summed E-state index contributed by atoms with van der Waals surface area (Å²) in [5.74, 6) is 1.86. The van der Waals surface area contributed by atoms with Crippen LogP contribution in [-0.4, -0.2) is 17.5 Å². The first-order valence-electron chi connectivity index (χ1n) is 7.65. The smallest absolute Gasteiger partial charge is 0.163 e. The first kappa shape index (κ1) is 15.5. The minimum Gasteiger partial charge on any atom is -0.362 e. The molecule has 0 fully saturated rings. The lowest BCUT2D eigenvalue weighted by Gasteiger charge is -2.34. The monoisotopic (exact) mass is 266 g/mol. The van der Waals surface area contributed by atoms with E-state index in [4.69, 9.17) is 0 Å². The normalized spacial score (nSPS) is 12.3. The molecule has 0 aliphatic rings. The van der Waals surface area contributed by atoms with Gasteiger partial charge in [0.25, 0.3) is 0 Å². The zero-order valence-electron chi connectivity index (χ0n) is 12.9. The van der Waals surface area contributed by atoms with Crippen molar-refractivity contribution in [3.05, 3.63) is 18.2 Å².